The molecule has 0 bridgehead atoms. The van der Waals surface area contributed by atoms with Gasteiger partial charge in [-0.2, -0.15) is 0 Å². The number of anilines is 2. The molecule has 0 atom stereocenters. The zero-order chi connectivity index (χ0) is 22.6. The zero-order valence-electron chi connectivity index (χ0n) is 17.6. The first kappa shape index (κ1) is 22.0. The normalized spacial score (nSPS) is 14.8. The first-order valence-electron chi connectivity index (χ1n) is 10.4. The molecular weight excluding hydrogens is 424 g/mol. The maximum Gasteiger partial charge on any atom is 0.238 e. The van der Waals surface area contributed by atoms with Crippen molar-refractivity contribution in [3.8, 4) is 11.1 Å². The minimum atomic E-state index is -3.69. The number of nitrogens with two attached hydrogens (primary N) is 1. The first-order chi connectivity index (χ1) is 15.4. The van der Waals surface area contributed by atoms with Crippen molar-refractivity contribution in [3.63, 3.8) is 0 Å². The Bertz CT molecular complexity index is 1170. The molecule has 0 aromatic heterocycles. The standard InChI is InChI=1S/C24H26N4O3S/c25-32(30,31)21-12-10-20(11-13-21)28-16-14-27(15-17-28)18-24(29)26-23-9-5-4-8-22(23)19-6-2-1-3-7-19/h1-13H,14-18H2,(H,26,29)(H2,25,30,31). The van der Waals surface area contributed by atoms with Crippen molar-refractivity contribution in [2.75, 3.05) is 42.9 Å². The quantitative estimate of drug-likeness (QED) is 0.602. The number of hydrogen-bond acceptors (Lipinski definition) is 5. The summed E-state index contributed by atoms with van der Waals surface area (Å²) in [5, 5.41) is 8.22. The van der Waals surface area contributed by atoms with Crippen molar-refractivity contribution in [1.29, 1.82) is 0 Å². The van der Waals surface area contributed by atoms with E-state index < -0.39 is 10.0 Å². The molecule has 0 unspecified atom stereocenters. The SMILES string of the molecule is NS(=O)(=O)c1ccc(N2CCN(CC(=O)Nc3ccccc3-c3ccccc3)CC2)cc1. The molecule has 1 aliphatic heterocycles. The highest BCUT2D eigenvalue weighted by atomic mass is 32.2. The van der Waals surface area contributed by atoms with E-state index in [-0.39, 0.29) is 10.8 Å². The number of para-hydroxylation sites is 1. The predicted molar refractivity (Wildman–Crippen MR) is 127 cm³/mol. The van der Waals surface area contributed by atoms with Crippen LogP contribution < -0.4 is 15.4 Å². The Kier molecular flexibility index (Phi) is 6.55. The molecule has 3 N–H and O–H groups in total. The van der Waals surface area contributed by atoms with E-state index in [1.165, 1.54) is 12.1 Å². The zero-order valence-corrected chi connectivity index (χ0v) is 18.5. The summed E-state index contributed by atoms with van der Waals surface area (Å²) in [6.07, 6.45) is 0. The van der Waals surface area contributed by atoms with Crippen LogP contribution in [0.3, 0.4) is 0 Å². The van der Waals surface area contributed by atoms with Crippen LogP contribution in [0.25, 0.3) is 11.1 Å². The lowest BCUT2D eigenvalue weighted by Gasteiger charge is -2.35. The Morgan fingerprint density at radius 3 is 2.12 bits per heavy atom. The molecule has 32 heavy (non-hydrogen) atoms. The van der Waals surface area contributed by atoms with Crippen molar-refractivity contribution in [2.45, 2.75) is 4.90 Å². The Balaban J connectivity index is 1.33. The number of hydrogen-bond donors (Lipinski definition) is 2. The molecule has 3 aromatic carbocycles. The van der Waals surface area contributed by atoms with Crippen LogP contribution >= 0.6 is 0 Å². The fourth-order valence-electron chi connectivity index (χ4n) is 3.87. The van der Waals surface area contributed by atoms with Crippen molar-refractivity contribution in [1.82, 2.24) is 4.90 Å². The lowest BCUT2D eigenvalue weighted by atomic mass is 10.0. The van der Waals surface area contributed by atoms with Gasteiger partial charge >= 0.3 is 0 Å². The minimum absolute atomic E-state index is 0.0423. The van der Waals surface area contributed by atoms with Crippen LogP contribution in [0.5, 0.6) is 0 Å². The summed E-state index contributed by atoms with van der Waals surface area (Å²) in [5.74, 6) is -0.0423. The lowest BCUT2D eigenvalue weighted by Crippen LogP contribution is -2.48. The van der Waals surface area contributed by atoms with Crippen LogP contribution in [-0.2, 0) is 14.8 Å². The van der Waals surface area contributed by atoms with E-state index >= 15 is 0 Å². The Labute approximate surface area is 188 Å². The van der Waals surface area contributed by atoms with Gasteiger partial charge in [-0.1, -0.05) is 48.5 Å². The highest BCUT2D eigenvalue weighted by Crippen LogP contribution is 2.27. The fourth-order valence-corrected chi connectivity index (χ4v) is 4.38. The lowest BCUT2D eigenvalue weighted by molar-refractivity contribution is -0.117. The highest BCUT2D eigenvalue weighted by Gasteiger charge is 2.20. The molecule has 0 spiro atoms. The van der Waals surface area contributed by atoms with E-state index in [1.807, 2.05) is 54.6 Å². The van der Waals surface area contributed by atoms with Gasteiger partial charge in [0.05, 0.1) is 11.4 Å². The van der Waals surface area contributed by atoms with E-state index in [1.54, 1.807) is 12.1 Å². The second-order valence-corrected chi connectivity index (χ2v) is 9.32. The number of nitrogens with zero attached hydrogens (tertiary/aromatic N) is 2. The average molecular weight is 451 g/mol. The van der Waals surface area contributed by atoms with Gasteiger partial charge in [-0.05, 0) is 35.9 Å². The topological polar surface area (TPSA) is 95.7 Å². The van der Waals surface area contributed by atoms with Gasteiger partial charge in [0.1, 0.15) is 0 Å². The van der Waals surface area contributed by atoms with Crippen molar-refractivity contribution in [2.24, 2.45) is 5.14 Å². The van der Waals surface area contributed by atoms with E-state index in [4.69, 9.17) is 5.14 Å². The van der Waals surface area contributed by atoms with Crippen LogP contribution in [0, 0.1) is 0 Å². The van der Waals surface area contributed by atoms with Crippen LogP contribution in [0.2, 0.25) is 0 Å². The van der Waals surface area contributed by atoms with Gasteiger partial charge in [0, 0.05) is 43.1 Å². The summed E-state index contributed by atoms with van der Waals surface area (Å²) in [6.45, 7) is 3.31. The maximum atomic E-state index is 12.7. The maximum absolute atomic E-state index is 12.7. The van der Waals surface area contributed by atoms with Crippen LogP contribution in [0.1, 0.15) is 0 Å². The first-order valence-corrected chi connectivity index (χ1v) is 12.0. The molecule has 1 amide bonds. The Morgan fingerprint density at radius 2 is 1.47 bits per heavy atom. The third-order valence-electron chi connectivity index (χ3n) is 5.56. The van der Waals surface area contributed by atoms with Gasteiger partial charge in [0.25, 0.3) is 0 Å². The van der Waals surface area contributed by atoms with Crippen molar-refractivity contribution in [3.05, 3.63) is 78.9 Å². The summed E-state index contributed by atoms with van der Waals surface area (Å²) < 4.78 is 22.8. The summed E-state index contributed by atoms with van der Waals surface area (Å²) in [7, 11) is -3.69. The number of rotatable bonds is 6. The molecule has 4 rings (SSSR count). The molecule has 3 aromatic rings. The van der Waals surface area contributed by atoms with Gasteiger partial charge in [0.2, 0.25) is 15.9 Å². The molecule has 1 aliphatic rings. The summed E-state index contributed by atoms with van der Waals surface area (Å²) in [6, 6.07) is 24.4. The smallest absolute Gasteiger partial charge is 0.238 e. The highest BCUT2D eigenvalue weighted by molar-refractivity contribution is 7.89. The average Bonchev–Trinajstić information content (AvgIpc) is 2.80. The number of piperazine rings is 1. The number of nitrogens with one attached hydrogen (secondary N) is 1. The minimum Gasteiger partial charge on any atom is -0.369 e. The van der Waals surface area contributed by atoms with Gasteiger partial charge < -0.3 is 10.2 Å². The van der Waals surface area contributed by atoms with E-state index in [9.17, 15) is 13.2 Å². The summed E-state index contributed by atoms with van der Waals surface area (Å²) in [5.41, 5.74) is 3.80. The van der Waals surface area contributed by atoms with Gasteiger partial charge in [-0.15, -0.1) is 0 Å². The molecule has 0 radical (unpaired) electrons. The molecule has 166 valence electrons. The predicted octanol–water partition coefficient (Wildman–Crippen LogP) is 2.76. The molecular formula is C24H26N4O3S. The van der Waals surface area contributed by atoms with Gasteiger partial charge in [-0.25, -0.2) is 13.6 Å². The molecule has 1 heterocycles. The molecule has 8 heteroatoms. The fraction of sp³-hybridized carbons (Fsp3) is 0.208. The molecule has 1 saturated heterocycles. The van der Waals surface area contributed by atoms with Crippen molar-refractivity contribution < 1.29 is 13.2 Å². The second-order valence-electron chi connectivity index (χ2n) is 7.76. The number of carbonyl (C=O) groups excluding carboxylic acids is 1. The van der Waals surface area contributed by atoms with Gasteiger partial charge in [-0.3, -0.25) is 9.69 Å². The van der Waals surface area contributed by atoms with Crippen LogP contribution in [-0.4, -0.2) is 51.9 Å². The molecule has 0 saturated carbocycles. The molecule has 0 aliphatic carbocycles. The third-order valence-corrected chi connectivity index (χ3v) is 6.49. The summed E-state index contributed by atoms with van der Waals surface area (Å²) >= 11 is 0. The second kappa shape index (κ2) is 9.52. The largest absolute Gasteiger partial charge is 0.369 e. The Morgan fingerprint density at radius 1 is 0.844 bits per heavy atom. The Hall–Kier alpha value is -3.20. The number of sulfonamides is 1. The number of primary sulfonamides is 1. The van der Waals surface area contributed by atoms with Crippen LogP contribution in [0.15, 0.2) is 83.8 Å². The number of carbonyl (C=O) groups is 1. The van der Waals surface area contributed by atoms with E-state index in [2.05, 4.69) is 15.1 Å². The number of amides is 1. The van der Waals surface area contributed by atoms with E-state index in [0.717, 1.165) is 48.7 Å². The molecule has 7 nitrogen and oxygen atoms in total. The van der Waals surface area contributed by atoms with Gasteiger partial charge in [0.15, 0.2) is 0 Å². The summed E-state index contributed by atoms with van der Waals surface area (Å²) in [4.78, 5) is 17.1. The van der Waals surface area contributed by atoms with E-state index in [0.29, 0.717) is 6.54 Å². The number of benzene rings is 3. The van der Waals surface area contributed by atoms with Crippen LogP contribution in [0.4, 0.5) is 11.4 Å². The monoisotopic (exact) mass is 450 g/mol. The van der Waals surface area contributed by atoms with Crippen molar-refractivity contribution >= 4 is 27.3 Å². The third kappa shape index (κ3) is 5.34. The molecule has 1 fully saturated rings.